The van der Waals surface area contributed by atoms with Gasteiger partial charge in [0, 0.05) is 55.8 Å². The molecule has 162 valence electrons. The third-order valence-electron chi connectivity index (χ3n) is 5.19. The van der Waals surface area contributed by atoms with E-state index in [0.29, 0.717) is 18.0 Å². The normalized spacial score (nSPS) is 14.9. The first-order chi connectivity index (χ1) is 14.4. The zero-order valence-electron chi connectivity index (χ0n) is 18.5. The highest BCUT2D eigenvalue weighted by molar-refractivity contribution is 7.98. The molecule has 0 aliphatic carbocycles. The molecule has 1 aromatic carbocycles. The fourth-order valence-electron chi connectivity index (χ4n) is 3.20. The van der Waals surface area contributed by atoms with E-state index in [9.17, 15) is 4.79 Å². The summed E-state index contributed by atoms with van der Waals surface area (Å²) in [6.45, 7) is 11.1. The molecule has 0 radical (unpaired) electrons. The van der Waals surface area contributed by atoms with E-state index < -0.39 is 0 Å². The predicted molar refractivity (Wildman–Crippen MR) is 124 cm³/mol. The molecule has 1 aromatic heterocycles. The number of benzene rings is 1. The number of likely N-dealkylation sites (N-methyl/N-ethyl adjacent to an activating group) is 1. The number of rotatable bonds is 8. The molecule has 1 saturated heterocycles. The standard InChI is InChI=1S/C23H33N5OS/c1-5-20-14-21(28-12-10-27(4)11-13-28)26-23(25-20)30-16-18-6-8-19(9-7-18)22(29)24-15-17(2)3/h6-9,14,17H,5,10-13,15-16H2,1-4H3,(H,24,29). The molecule has 2 heterocycles. The van der Waals surface area contributed by atoms with E-state index >= 15 is 0 Å². The van der Waals surface area contributed by atoms with E-state index in [1.165, 1.54) is 0 Å². The van der Waals surface area contributed by atoms with Gasteiger partial charge in [0.2, 0.25) is 0 Å². The van der Waals surface area contributed by atoms with Crippen LogP contribution >= 0.6 is 11.8 Å². The molecule has 0 spiro atoms. The number of anilines is 1. The Kier molecular flexibility index (Phi) is 8.10. The van der Waals surface area contributed by atoms with Crippen molar-refractivity contribution in [2.45, 2.75) is 38.1 Å². The van der Waals surface area contributed by atoms with Crippen LogP contribution in [0, 0.1) is 5.92 Å². The summed E-state index contributed by atoms with van der Waals surface area (Å²) in [5.41, 5.74) is 2.94. The summed E-state index contributed by atoms with van der Waals surface area (Å²) in [7, 11) is 2.16. The first-order valence-electron chi connectivity index (χ1n) is 10.8. The van der Waals surface area contributed by atoms with Crippen LogP contribution < -0.4 is 10.2 Å². The third-order valence-corrected chi connectivity index (χ3v) is 6.11. The second-order valence-electron chi connectivity index (χ2n) is 8.23. The minimum absolute atomic E-state index is 0.0151. The fraction of sp³-hybridized carbons (Fsp3) is 0.522. The van der Waals surface area contributed by atoms with Gasteiger partial charge in [0.05, 0.1) is 0 Å². The van der Waals surface area contributed by atoms with E-state index in [-0.39, 0.29) is 5.91 Å². The van der Waals surface area contributed by atoms with Crippen molar-refractivity contribution in [3.8, 4) is 0 Å². The van der Waals surface area contributed by atoms with Crippen LogP contribution in [0.1, 0.15) is 42.4 Å². The quantitative estimate of drug-likeness (QED) is 0.514. The molecule has 1 fully saturated rings. The molecule has 6 nitrogen and oxygen atoms in total. The van der Waals surface area contributed by atoms with Crippen molar-refractivity contribution in [1.29, 1.82) is 0 Å². The number of aromatic nitrogens is 2. The van der Waals surface area contributed by atoms with Crippen molar-refractivity contribution in [2.24, 2.45) is 5.92 Å². The maximum Gasteiger partial charge on any atom is 0.251 e. The van der Waals surface area contributed by atoms with Gasteiger partial charge in [-0.25, -0.2) is 9.97 Å². The predicted octanol–water partition coefficient (Wildman–Crippen LogP) is 3.47. The largest absolute Gasteiger partial charge is 0.354 e. The molecule has 0 bridgehead atoms. The molecule has 0 atom stereocenters. The molecular weight excluding hydrogens is 394 g/mol. The highest BCUT2D eigenvalue weighted by Gasteiger charge is 2.17. The van der Waals surface area contributed by atoms with Gasteiger partial charge in [-0.3, -0.25) is 4.79 Å². The lowest BCUT2D eigenvalue weighted by molar-refractivity contribution is 0.0949. The van der Waals surface area contributed by atoms with Crippen LogP contribution in [-0.4, -0.2) is 60.5 Å². The summed E-state index contributed by atoms with van der Waals surface area (Å²) in [6, 6.07) is 9.94. The summed E-state index contributed by atoms with van der Waals surface area (Å²) in [4.78, 5) is 26.4. The molecule has 7 heteroatoms. The number of piperazine rings is 1. The van der Waals surface area contributed by atoms with Crippen LogP contribution in [-0.2, 0) is 12.2 Å². The SMILES string of the molecule is CCc1cc(N2CCN(C)CC2)nc(SCc2ccc(C(=O)NCC(C)C)cc2)n1. The molecule has 1 aliphatic rings. The van der Waals surface area contributed by atoms with Gasteiger partial charge in [0.15, 0.2) is 5.16 Å². The van der Waals surface area contributed by atoms with Gasteiger partial charge in [0.25, 0.3) is 5.91 Å². The number of nitrogens with one attached hydrogen (secondary N) is 1. The van der Waals surface area contributed by atoms with E-state index in [4.69, 9.17) is 9.97 Å². The number of carbonyl (C=O) groups excluding carboxylic acids is 1. The third kappa shape index (κ3) is 6.44. The van der Waals surface area contributed by atoms with E-state index in [1.54, 1.807) is 11.8 Å². The topological polar surface area (TPSA) is 61.4 Å². The zero-order chi connectivity index (χ0) is 21.5. The number of hydrogen-bond acceptors (Lipinski definition) is 6. The van der Waals surface area contributed by atoms with Crippen molar-refractivity contribution in [1.82, 2.24) is 20.2 Å². The second kappa shape index (κ2) is 10.8. The van der Waals surface area contributed by atoms with Crippen molar-refractivity contribution < 1.29 is 4.79 Å². The van der Waals surface area contributed by atoms with Crippen LogP contribution in [0.2, 0.25) is 0 Å². The monoisotopic (exact) mass is 427 g/mol. The van der Waals surface area contributed by atoms with Crippen LogP contribution in [0.3, 0.4) is 0 Å². The van der Waals surface area contributed by atoms with E-state index in [1.807, 2.05) is 24.3 Å². The average Bonchev–Trinajstić information content (AvgIpc) is 2.76. The Morgan fingerprint density at radius 2 is 1.83 bits per heavy atom. The van der Waals surface area contributed by atoms with Crippen LogP contribution in [0.15, 0.2) is 35.5 Å². The molecule has 2 aromatic rings. The summed E-state index contributed by atoms with van der Waals surface area (Å²) < 4.78 is 0. The van der Waals surface area contributed by atoms with Crippen molar-refractivity contribution in [3.63, 3.8) is 0 Å². The number of thioether (sulfide) groups is 1. The fourth-order valence-corrected chi connectivity index (χ4v) is 4.03. The van der Waals surface area contributed by atoms with Crippen molar-refractivity contribution in [3.05, 3.63) is 47.2 Å². The van der Waals surface area contributed by atoms with Gasteiger partial charge < -0.3 is 15.1 Å². The molecular formula is C23H33N5OS. The lowest BCUT2D eigenvalue weighted by Gasteiger charge is -2.33. The number of carbonyl (C=O) groups is 1. The number of aryl methyl sites for hydroxylation is 1. The Hall–Kier alpha value is -2.12. The lowest BCUT2D eigenvalue weighted by atomic mass is 10.1. The van der Waals surface area contributed by atoms with Crippen LogP contribution in [0.25, 0.3) is 0 Å². The Morgan fingerprint density at radius 1 is 1.13 bits per heavy atom. The first kappa shape index (κ1) is 22.6. The number of amides is 1. The highest BCUT2D eigenvalue weighted by atomic mass is 32.2. The van der Waals surface area contributed by atoms with Crippen LogP contribution in [0.5, 0.6) is 0 Å². The van der Waals surface area contributed by atoms with E-state index in [2.05, 4.69) is 49.0 Å². The van der Waals surface area contributed by atoms with Crippen LogP contribution in [0.4, 0.5) is 5.82 Å². The lowest BCUT2D eigenvalue weighted by Crippen LogP contribution is -2.44. The summed E-state index contributed by atoms with van der Waals surface area (Å²) in [5.74, 6) is 2.25. The minimum atomic E-state index is -0.0151. The Labute approximate surface area is 184 Å². The highest BCUT2D eigenvalue weighted by Crippen LogP contribution is 2.24. The van der Waals surface area contributed by atoms with Crippen molar-refractivity contribution in [2.75, 3.05) is 44.7 Å². The maximum atomic E-state index is 12.2. The Balaban J connectivity index is 1.62. The van der Waals surface area contributed by atoms with Gasteiger partial charge in [0.1, 0.15) is 5.82 Å². The van der Waals surface area contributed by atoms with Gasteiger partial charge in [-0.05, 0) is 37.1 Å². The summed E-state index contributed by atoms with van der Waals surface area (Å²) in [5, 5.41) is 3.78. The average molecular weight is 428 g/mol. The summed E-state index contributed by atoms with van der Waals surface area (Å²) >= 11 is 1.65. The molecule has 1 N–H and O–H groups in total. The molecule has 3 rings (SSSR count). The van der Waals surface area contributed by atoms with Crippen molar-refractivity contribution >= 4 is 23.5 Å². The van der Waals surface area contributed by atoms with Gasteiger partial charge in [-0.1, -0.05) is 44.7 Å². The van der Waals surface area contributed by atoms with Gasteiger partial charge in [-0.15, -0.1) is 0 Å². The molecule has 30 heavy (non-hydrogen) atoms. The van der Waals surface area contributed by atoms with Gasteiger partial charge in [-0.2, -0.15) is 0 Å². The Bertz CT molecular complexity index is 832. The molecule has 1 aliphatic heterocycles. The smallest absolute Gasteiger partial charge is 0.251 e. The van der Waals surface area contributed by atoms with E-state index in [0.717, 1.165) is 60.6 Å². The molecule has 0 saturated carbocycles. The minimum Gasteiger partial charge on any atom is -0.354 e. The molecule has 0 unspecified atom stereocenters. The zero-order valence-corrected chi connectivity index (χ0v) is 19.3. The molecule has 1 amide bonds. The number of nitrogens with zero attached hydrogens (tertiary/aromatic N) is 4. The second-order valence-corrected chi connectivity index (χ2v) is 9.18. The number of hydrogen-bond donors (Lipinski definition) is 1. The Morgan fingerprint density at radius 3 is 2.47 bits per heavy atom. The van der Waals surface area contributed by atoms with Gasteiger partial charge >= 0.3 is 0 Å². The summed E-state index contributed by atoms with van der Waals surface area (Å²) in [6.07, 6.45) is 0.900. The maximum absolute atomic E-state index is 12.2. The first-order valence-corrected chi connectivity index (χ1v) is 11.7.